The largest absolute Gasteiger partial charge is 0.484 e. The zero-order chi connectivity index (χ0) is 18.6. The third kappa shape index (κ3) is 4.35. The van der Waals surface area contributed by atoms with Crippen molar-refractivity contribution in [3.05, 3.63) is 30.3 Å². The Morgan fingerprint density at radius 1 is 1.24 bits per heavy atom. The van der Waals surface area contributed by atoms with Crippen LogP contribution in [0.5, 0.6) is 5.75 Å². The summed E-state index contributed by atoms with van der Waals surface area (Å²) in [4.78, 5) is 57.8. The second-order valence-electron chi connectivity index (χ2n) is 4.97. The third-order valence-corrected chi connectivity index (χ3v) is 4.22. The van der Waals surface area contributed by atoms with Crippen molar-refractivity contribution in [1.82, 2.24) is 10.2 Å². The first-order valence-corrected chi connectivity index (χ1v) is 7.94. The second-order valence-corrected chi connectivity index (χ2v) is 6.26. The summed E-state index contributed by atoms with van der Waals surface area (Å²) in [5.41, 5.74) is 0. The molecule has 0 aliphatic carbocycles. The van der Waals surface area contributed by atoms with Crippen LogP contribution in [0, 0.1) is 0 Å². The number of hydrogen-bond donors (Lipinski definition) is 2. The number of nitrogens with zero attached hydrogens (tertiary/aromatic N) is 1. The summed E-state index contributed by atoms with van der Waals surface area (Å²) < 4.78 is 5.23. The van der Waals surface area contributed by atoms with Gasteiger partial charge >= 0.3 is 11.9 Å². The van der Waals surface area contributed by atoms with Gasteiger partial charge in [0.05, 0.1) is 0 Å². The molecule has 0 aromatic heterocycles. The normalized spacial score (nSPS) is 18.9. The maximum atomic E-state index is 12.0. The molecule has 1 heterocycles. The van der Waals surface area contributed by atoms with Gasteiger partial charge in [0.15, 0.2) is 11.7 Å². The summed E-state index contributed by atoms with van der Waals surface area (Å²) in [6.45, 7) is 0.826. The Labute approximate surface area is 146 Å². The van der Waals surface area contributed by atoms with Crippen molar-refractivity contribution in [2.75, 3.05) is 6.61 Å². The number of para-hydroxylation sites is 1. The number of β-lactam (4-membered cyclic amide) rings is 1. The van der Waals surface area contributed by atoms with E-state index in [1.54, 1.807) is 30.3 Å². The first-order chi connectivity index (χ1) is 11.8. The lowest BCUT2D eigenvalue weighted by molar-refractivity contribution is -0.168. The van der Waals surface area contributed by atoms with Gasteiger partial charge in [0, 0.05) is 6.92 Å². The van der Waals surface area contributed by atoms with Gasteiger partial charge in [0.25, 0.3) is 11.8 Å². The Bertz CT molecular complexity index is 722. The number of amides is 3. The molecule has 1 saturated heterocycles. The number of rotatable bonds is 5. The van der Waals surface area contributed by atoms with Gasteiger partial charge < -0.3 is 15.2 Å². The number of carboxylic acid groups (broad SMARTS) is 1. The summed E-state index contributed by atoms with van der Waals surface area (Å²) in [7, 11) is 0. The molecule has 2 N–H and O–H groups in total. The minimum absolute atomic E-state index is 0.377. The lowest BCUT2D eigenvalue weighted by Gasteiger charge is -2.43. The van der Waals surface area contributed by atoms with Crippen molar-refractivity contribution in [3.8, 4) is 5.75 Å². The number of thioether (sulfide) groups is 1. The van der Waals surface area contributed by atoms with Crippen molar-refractivity contribution in [2.45, 2.75) is 18.3 Å². The Morgan fingerprint density at radius 3 is 2.44 bits per heavy atom. The quantitative estimate of drug-likeness (QED) is 0.532. The van der Waals surface area contributed by atoms with E-state index in [1.807, 2.05) is 0 Å². The molecule has 10 heteroatoms. The van der Waals surface area contributed by atoms with Gasteiger partial charge in [0.1, 0.15) is 17.2 Å². The highest BCUT2D eigenvalue weighted by Gasteiger charge is 2.54. The summed E-state index contributed by atoms with van der Waals surface area (Å²) in [6, 6.07) is 7.32. The molecule has 3 amide bonds. The minimum Gasteiger partial charge on any atom is -0.484 e. The molecule has 2 rings (SSSR count). The molecule has 25 heavy (non-hydrogen) atoms. The molecule has 1 fully saturated rings. The van der Waals surface area contributed by atoms with Crippen LogP contribution in [0.1, 0.15) is 6.92 Å². The van der Waals surface area contributed by atoms with Crippen molar-refractivity contribution in [3.63, 3.8) is 0 Å². The van der Waals surface area contributed by atoms with Gasteiger partial charge in [-0.3, -0.25) is 24.1 Å². The molecular formula is C15H14N2O7S. The molecule has 0 bridgehead atoms. The predicted octanol–water partition coefficient (Wildman–Crippen LogP) is -0.391. The fourth-order valence-electron chi connectivity index (χ4n) is 2.09. The molecule has 1 aliphatic heterocycles. The van der Waals surface area contributed by atoms with Crippen LogP contribution < -0.4 is 10.1 Å². The molecular weight excluding hydrogens is 352 g/mol. The number of aliphatic carboxylic acids is 1. The lowest BCUT2D eigenvalue weighted by Crippen LogP contribution is -2.72. The summed E-state index contributed by atoms with van der Waals surface area (Å²) >= 11 is 0.590. The van der Waals surface area contributed by atoms with Crippen LogP contribution >= 0.6 is 11.8 Å². The highest BCUT2D eigenvalue weighted by molar-refractivity contribution is 8.14. The molecule has 0 saturated carbocycles. The maximum Gasteiger partial charge on any atom is 0.395 e. The van der Waals surface area contributed by atoms with Crippen LogP contribution in [0.25, 0.3) is 0 Å². The summed E-state index contributed by atoms with van der Waals surface area (Å²) in [5.74, 6) is -4.35. The monoisotopic (exact) mass is 366 g/mol. The predicted molar refractivity (Wildman–Crippen MR) is 85.4 cm³/mol. The SMILES string of the molecule is CC(=O)S[C@@H]1[C@H](NC(=O)COc2ccccc2)C(=O)N1C(=O)C(=O)O. The molecule has 1 aromatic rings. The summed E-state index contributed by atoms with van der Waals surface area (Å²) in [6.07, 6.45) is 0. The molecule has 132 valence electrons. The lowest BCUT2D eigenvalue weighted by atomic mass is 10.1. The fraction of sp³-hybridized carbons (Fsp3) is 0.267. The number of likely N-dealkylation sites (tertiary alicyclic amines) is 1. The molecule has 1 aliphatic rings. The zero-order valence-electron chi connectivity index (χ0n) is 13.0. The maximum absolute atomic E-state index is 12.0. The molecule has 1 aromatic carbocycles. The molecule has 2 atom stereocenters. The number of benzene rings is 1. The van der Waals surface area contributed by atoms with Gasteiger partial charge in [0.2, 0.25) is 0 Å². The van der Waals surface area contributed by atoms with Gasteiger partial charge in [-0.25, -0.2) is 4.79 Å². The Balaban J connectivity index is 1.98. The highest BCUT2D eigenvalue weighted by atomic mass is 32.2. The van der Waals surface area contributed by atoms with Crippen molar-refractivity contribution in [1.29, 1.82) is 0 Å². The van der Waals surface area contributed by atoms with Crippen molar-refractivity contribution >= 4 is 40.6 Å². The Kier molecular flexibility index (Phi) is 5.75. The number of carboxylic acids is 1. The standard InChI is InChI=1S/C15H14N2O7S/c1-8(18)25-14-11(12(20)17(14)13(21)15(22)23)16-10(19)7-24-9-5-3-2-4-6-9/h2-6,11,14H,7H2,1H3,(H,16,19)(H,22,23)/t11-,14-/m1/s1. The van der Waals surface area contributed by atoms with Crippen LogP contribution in [-0.2, 0) is 24.0 Å². The van der Waals surface area contributed by atoms with E-state index in [9.17, 15) is 24.0 Å². The van der Waals surface area contributed by atoms with Crippen LogP contribution in [0.3, 0.4) is 0 Å². The van der Waals surface area contributed by atoms with E-state index in [0.29, 0.717) is 22.4 Å². The number of nitrogens with one attached hydrogen (secondary N) is 1. The molecule has 0 spiro atoms. The van der Waals surface area contributed by atoms with Gasteiger partial charge in [-0.2, -0.15) is 0 Å². The molecule has 0 radical (unpaired) electrons. The number of carbonyl (C=O) groups excluding carboxylic acids is 4. The van der Waals surface area contributed by atoms with E-state index in [2.05, 4.69) is 5.32 Å². The van der Waals surface area contributed by atoms with E-state index < -0.39 is 40.2 Å². The van der Waals surface area contributed by atoms with Crippen LogP contribution in [0.15, 0.2) is 30.3 Å². The number of hydrogen-bond acceptors (Lipinski definition) is 7. The zero-order valence-corrected chi connectivity index (χ0v) is 13.8. The van der Waals surface area contributed by atoms with Crippen LogP contribution in [0.4, 0.5) is 0 Å². The number of imide groups is 1. The van der Waals surface area contributed by atoms with E-state index in [0.717, 1.165) is 0 Å². The summed E-state index contributed by atoms with van der Waals surface area (Å²) in [5, 5.41) is 9.53. The van der Waals surface area contributed by atoms with Crippen molar-refractivity contribution < 1.29 is 33.8 Å². The van der Waals surface area contributed by atoms with E-state index in [-0.39, 0.29) is 6.61 Å². The first kappa shape index (κ1) is 18.5. The van der Waals surface area contributed by atoms with Gasteiger partial charge in [-0.15, -0.1) is 0 Å². The first-order valence-electron chi connectivity index (χ1n) is 7.06. The average Bonchev–Trinajstić information content (AvgIpc) is 2.57. The van der Waals surface area contributed by atoms with E-state index in [4.69, 9.17) is 9.84 Å². The number of ether oxygens (including phenoxy) is 1. The van der Waals surface area contributed by atoms with Crippen LogP contribution in [0.2, 0.25) is 0 Å². The highest BCUT2D eigenvalue weighted by Crippen LogP contribution is 2.30. The Hall–Kier alpha value is -2.88. The Morgan fingerprint density at radius 2 is 1.88 bits per heavy atom. The van der Waals surface area contributed by atoms with Gasteiger partial charge in [-0.1, -0.05) is 30.0 Å². The topological polar surface area (TPSA) is 130 Å². The third-order valence-electron chi connectivity index (χ3n) is 3.16. The molecule has 9 nitrogen and oxygen atoms in total. The smallest absolute Gasteiger partial charge is 0.395 e. The molecule has 0 unspecified atom stereocenters. The van der Waals surface area contributed by atoms with E-state index >= 15 is 0 Å². The minimum atomic E-state index is -1.82. The second kappa shape index (κ2) is 7.79. The van der Waals surface area contributed by atoms with Crippen LogP contribution in [-0.4, -0.2) is 56.8 Å². The van der Waals surface area contributed by atoms with E-state index in [1.165, 1.54) is 6.92 Å². The average molecular weight is 366 g/mol. The van der Waals surface area contributed by atoms with Gasteiger partial charge in [-0.05, 0) is 12.1 Å². The van der Waals surface area contributed by atoms with Crippen molar-refractivity contribution in [2.24, 2.45) is 0 Å². The fourth-order valence-corrected chi connectivity index (χ4v) is 3.05. The number of carbonyl (C=O) groups is 5.